The Hall–Kier alpha value is -2.67. The number of fused-ring (bicyclic) bond motifs is 1. The quantitative estimate of drug-likeness (QED) is 0.381. The molecule has 2 N–H and O–H groups in total. The maximum atomic E-state index is 10.5. The minimum absolute atomic E-state index is 0.194. The molecule has 0 radical (unpaired) electrons. The topological polar surface area (TPSA) is 67.5 Å². The number of nitrogens with one attached hydrogen (secondary N) is 1. The highest BCUT2D eigenvalue weighted by Gasteiger charge is 2.17. The van der Waals surface area contributed by atoms with Crippen molar-refractivity contribution in [2.24, 2.45) is 0 Å². The van der Waals surface area contributed by atoms with Gasteiger partial charge in [0, 0.05) is 18.2 Å². The maximum absolute atomic E-state index is 10.5. The molecule has 0 bridgehead atoms. The first kappa shape index (κ1) is 20.6. The molecule has 30 heavy (non-hydrogen) atoms. The van der Waals surface area contributed by atoms with E-state index in [1.165, 1.54) is 11.1 Å². The Balaban J connectivity index is 1.38. The van der Waals surface area contributed by atoms with Crippen LogP contribution >= 0.6 is 11.3 Å². The predicted molar refractivity (Wildman–Crippen MR) is 121 cm³/mol. The molecule has 6 heteroatoms. The second-order valence-corrected chi connectivity index (χ2v) is 8.30. The van der Waals surface area contributed by atoms with Gasteiger partial charge in [0.1, 0.15) is 28.9 Å². The Labute approximate surface area is 180 Å². The zero-order chi connectivity index (χ0) is 20.9. The number of nitrogens with zero attached hydrogens (tertiary/aromatic N) is 1. The Morgan fingerprint density at radius 1 is 1.13 bits per heavy atom. The molecule has 0 spiro atoms. The minimum Gasteiger partial charge on any atom is -0.490 e. The summed E-state index contributed by atoms with van der Waals surface area (Å²) in [5, 5.41) is 20.1. The molecule has 4 aromatic rings. The summed E-state index contributed by atoms with van der Waals surface area (Å²) < 4.78 is 12.4. The minimum atomic E-state index is -0.628. The number of aliphatic hydroxyl groups is 1. The number of aromatic nitrogens is 1. The molecule has 0 saturated heterocycles. The number of para-hydroxylation sites is 1. The van der Waals surface area contributed by atoms with Crippen LogP contribution in [0.3, 0.4) is 0 Å². The molecule has 156 valence electrons. The van der Waals surface area contributed by atoms with E-state index in [-0.39, 0.29) is 12.6 Å². The van der Waals surface area contributed by atoms with Gasteiger partial charge in [0.05, 0.1) is 0 Å². The molecular weight excluding hydrogens is 396 g/mol. The molecular formula is C24H26N2O3S. The summed E-state index contributed by atoms with van der Waals surface area (Å²) in [6.45, 7) is 4.87. The van der Waals surface area contributed by atoms with E-state index in [1.807, 2.05) is 35.7 Å². The first-order valence-electron chi connectivity index (χ1n) is 10.2. The Morgan fingerprint density at radius 3 is 2.73 bits per heavy atom. The van der Waals surface area contributed by atoms with Crippen LogP contribution in [0.15, 0.2) is 64.5 Å². The lowest BCUT2D eigenvalue weighted by Gasteiger charge is -2.20. The van der Waals surface area contributed by atoms with Gasteiger partial charge in [-0.3, -0.25) is 0 Å². The standard InChI is InChI=1S/C24H26N2O3S/c1-3-20(17-10-8-16(2)9-11-17)25-14-18(27)15-28-21-7-5-4-6-19(21)23-24-22(29-26-23)12-13-30-24/h4-13,18,20,25,27H,3,14-15H2,1-2H3. The summed E-state index contributed by atoms with van der Waals surface area (Å²) in [7, 11) is 0. The summed E-state index contributed by atoms with van der Waals surface area (Å²) in [5.74, 6) is 0.686. The van der Waals surface area contributed by atoms with E-state index >= 15 is 0 Å². The molecule has 0 saturated carbocycles. The third-order valence-corrected chi connectivity index (χ3v) is 6.04. The van der Waals surface area contributed by atoms with E-state index < -0.39 is 6.10 Å². The Morgan fingerprint density at radius 2 is 1.93 bits per heavy atom. The van der Waals surface area contributed by atoms with Gasteiger partial charge in [-0.1, -0.05) is 54.0 Å². The van der Waals surface area contributed by atoms with Crippen LogP contribution in [-0.4, -0.2) is 29.5 Å². The molecule has 4 rings (SSSR count). The lowest BCUT2D eigenvalue weighted by atomic mass is 10.0. The Bertz CT molecular complexity index is 1090. The van der Waals surface area contributed by atoms with E-state index in [9.17, 15) is 5.11 Å². The maximum Gasteiger partial charge on any atom is 0.178 e. The molecule has 0 aliphatic heterocycles. The largest absolute Gasteiger partial charge is 0.490 e. The van der Waals surface area contributed by atoms with Crippen molar-refractivity contribution in [3.8, 4) is 17.0 Å². The van der Waals surface area contributed by atoms with Crippen molar-refractivity contribution in [2.45, 2.75) is 32.4 Å². The number of hydrogen-bond donors (Lipinski definition) is 2. The third-order valence-electron chi connectivity index (χ3n) is 5.14. The second-order valence-electron chi connectivity index (χ2n) is 7.39. The fourth-order valence-corrected chi connectivity index (χ4v) is 4.27. The summed E-state index contributed by atoms with van der Waals surface area (Å²) >= 11 is 1.59. The van der Waals surface area contributed by atoms with Crippen LogP contribution in [-0.2, 0) is 0 Å². The SMILES string of the molecule is CCC(NCC(O)COc1ccccc1-c1noc2ccsc12)c1ccc(C)cc1. The van der Waals surface area contributed by atoms with Crippen molar-refractivity contribution in [2.75, 3.05) is 13.2 Å². The van der Waals surface area contributed by atoms with Gasteiger partial charge in [0.25, 0.3) is 0 Å². The third kappa shape index (κ3) is 4.56. The van der Waals surface area contributed by atoms with E-state index in [2.05, 4.69) is 48.6 Å². The fraction of sp³-hybridized carbons (Fsp3) is 0.292. The fourth-order valence-electron chi connectivity index (χ4n) is 3.46. The molecule has 2 aromatic heterocycles. The zero-order valence-electron chi connectivity index (χ0n) is 17.2. The highest BCUT2D eigenvalue weighted by molar-refractivity contribution is 7.17. The number of rotatable bonds is 9. The molecule has 2 unspecified atom stereocenters. The second kappa shape index (κ2) is 9.43. The van der Waals surface area contributed by atoms with Crippen LogP contribution in [0.5, 0.6) is 5.75 Å². The first-order chi connectivity index (χ1) is 14.7. The zero-order valence-corrected chi connectivity index (χ0v) is 18.0. The van der Waals surface area contributed by atoms with Gasteiger partial charge in [-0.05, 0) is 42.5 Å². The molecule has 0 amide bonds. The van der Waals surface area contributed by atoms with Gasteiger partial charge in [-0.15, -0.1) is 11.3 Å². The number of ether oxygens (including phenoxy) is 1. The molecule has 0 fully saturated rings. The van der Waals surface area contributed by atoms with Gasteiger partial charge < -0.3 is 19.7 Å². The average Bonchev–Trinajstić information content (AvgIpc) is 3.38. The average molecular weight is 423 g/mol. The van der Waals surface area contributed by atoms with Crippen molar-refractivity contribution in [3.05, 3.63) is 71.1 Å². The van der Waals surface area contributed by atoms with Gasteiger partial charge in [-0.2, -0.15) is 0 Å². The van der Waals surface area contributed by atoms with E-state index in [1.54, 1.807) is 11.3 Å². The van der Waals surface area contributed by atoms with E-state index in [0.29, 0.717) is 12.3 Å². The lowest BCUT2D eigenvalue weighted by molar-refractivity contribution is 0.103. The summed E-state index contributed by atoms with van der Waals surface area (Å²) in [4.78, 5) is 0. The van der Waals surface area contributed by atoms with E-state index in [4.69, 9.17) is 9.26 Å². The van der Waals surface area contributed by atoms with Crippen LogP contribution in [0.1, 0.15) is 30.5 Å². The van der Waals surface area contributed by atoms with Gasteiger partial charge in [-0.25, -0.2) is 0 Å². The Kier molecular flexibility index (Phi) is 6.47. The molecule has 2 atom stereocenters. The summed E-state index contributed by atoms with van der Waals surface area (Å²) in [6, 6.07) is 18.3. The monoisotopic (exact) mass is 422 g/mol. The van der Waals surface area contributed by atoms with Crippen molar-refractivity contribution >= 4 is 21.6 Å². The smallest absolute Gasteiger partial charge is 0.178 e. The van der Waals surface area contributed by atoms with Crippen LogP contribution in [0, 0.1) is 6.92 Å². The number of aliphatic hydroxyl groups excluding tert-OH is 1. The van der Waals surface area contributed by atoms with Crippen molar-refractivity contribution in [1.29, 1.82) is 0 Å². The highest BCUT2D eigenvalue weighted by atomic mass is 32.1. The summed E-state index contributed by atoms with van der Waals surface area (Å²) in [5.41, 5.74) is 4.88. The van der Waals surface area contributed by atoms with Gasteiger partial charge >= 0.3 is 0 Å². The van der Waals surface area contributed by atoms with Crippen molar-refractivity contribution in [1.82, 2.24) is 10.5 Å². The normalized spacial score (nSPS) is 13.4. The lowest BCUT2D eigenvalue weighted by Crippen LogP contribution is -2.33. The molecule has 0 aliphatic carbocycles. The number of thiophene rings is 1. The van der Waals surface area contributed by atoms with Gasteiger partial charge in [0.15, 0.2) is 5.58 Å². The molecule has 5 nitrogen and oxygen atoms in total. The van der Waals surface area contributed by atoms with Crippen LogP contribution in [0.4, 0.5) is 0 Å². The molecule has 2 aromatic carbocycles. The van der Waals surface area contributed by atoms with Crippen LogP contribution in [0.25, 0.3) is 21.5 Å². The predicted octanol–water partition coefficient (Wildman–Crippen LogP) is 5.35. The summed E-state index contributed by atoms with van der Waals surface area (Å²) in [6.07, 6.45) is 0.319. The number of benzene rings is 2. The van der Waals surface area contributed by atoms with Crippen LogP contribution < -0.4 is 10.1 Å². The van der Waals surface area contributed by atoms with Crippen molar-refractivity contribution < 1.29 is 14.4 Å². The van der Waals surface area contributed by atoms with Crippen molar-refractivity contribution in [3.63, 3.8) is 0 Å². The van der Waals surface area contributed by atoms with Gasteiger partial charge in [0.2, 0.25) is 0 Å². The number of hydrogen-bond acceptors (Lipinski definition) is 6. The van der Waals surface area contributed by atoms with E-state index in [0.717, 1.165) is 28.0 Å². The molecule has 0 aliphatic rings. The first-order valence-corrected chi connectivity index (χ1v) is 11.1. The molecule has 2 heterocycles. The highest BCUT2D eigenvalue weighted by Crippen LogP contribution is 2.36. The number of aryl methyl sites for hydroxylation is 1. The van der Waals surface area contributed by atoms with Crippen LogP contribution in [0.2, 0.25) is 0 Å².